The Morgan fingerprint density at radius 2 is 1.86 bits per heavy atom. The van der Waals surface area contributed by atoms with Gasteiger partial charge in [0.25, 0.3) is 0 Å². The highest BCUT2D eigenvalue weighted by Crippen LogP contribution is 2.21. The monoisotopic (exact) mass is 286 g/mol. The normalized spacial score (nSPS) is 10.9. The molecule has 3 heteroatoms. The quantitative estimate of drug-likeness (QED) is 0.764. The molecule has 1 aromatic carbocycles. The summed E-state index contributed by atoms with van der Waals surface area (Å²) in [4.78, 5) is 0. The Morgan fingerprint density at radius 3 is 2.57 bits per heavy atom. The molecule has 0 radical (unpaired) electrons. The van der Waals surface area contributed by atoms with Crippen LogP contribution >= 0.6 is 0 Å². The average molecular weight is 286 g/mol. The van der Waals surface area contributed by atoms with Crippen LogP contribution in [0.1, 0.15) is 47.3 Å². The van der Waals surface area contributed by atoms with Crippen molar-refractivity contribution in [2.75, 3.05) is 6.61 Å². The van der Waals surface area contributed by atoms with Crippen LogP contribution in [0.2, 0.25) is 0 Å². The van der Waals surface area contributed by atoms with Crippen molar-refractivity contribution in [1.82, 2.24) is 10.2 Å². The van der Waals surface area contributed by atoms with Crippen LogP contribution in [-0.4, -0.2) is 16.8 Å². The molecule has 0 aliphatic rings. The van der Waals surface area contributed by atoms with Gasteiger partial charge in [0.2, 0.25) is 0 Å². The first-order chi connectivity index (χ1) is 10.1. The van der Waals surface area contributed by atoms with Crippen LogP contribution in [0.15, 0.2) is 18.2 Å². The third-order valence-electron chi connectivity index (χ3n) is 4.16. The van der Waals surface area contributed by atoms with E-state index < -0.39 is 0 Å². The molecule has 1 N–H and O–H groups in total. The Kier molecular flexibility index (Phi) is 5.43. The van der Waals surface area contributed by atoms with E-state index in [-0.39, 0.29) is 0 Å². The average Bonchev–Trinajstić information content (AvgIpc) is 2.78. The van der Waals surface area contributed by atoms with Gasteiger partial charge in [-0.25, -0.2) is 0 Å². The predicted molar refractivity (Wildman–Crippen MR) is 87.0 cm³/mol. The molecule has 0 bridgehead atoms. The maximum Gasteiger partial charge on any atom is 0.122 e. The molecule has 0 aliphatic carbocycles. The van der Waals surface area contributed by atoms with E-state index in [9.17, 15) is 0 Å². The van der Waals surface area contributed by atoms with Gasteiger partial charge in [0.1, 0.15) is 5.75 Å². The lowest BCUT2D eigenvalue weighted by molar-refractivity contribution is 0.303. The fraction of sp³-hybridized carbons (Fsp3) is 0.500. The fourth-order valence-corrected chi connectivity index (χ4v) is 2.59. The second-order valence-corrected chi connectivity index (χ2v) is 5.77. The molecule has 0 fully saturated rings. The van der Waals surface area contributed by atoms with E-state index >= 15 is 0 Å². The van der Waals surface area contributed by atoms with Gasteiger partial charge in [0.05, 0.1) is 12.3 Å². The highest BCUT2D eigenvalue weighted by atomic mass is 16.5. The lowest BCUT2D eigenvalue weighted by Gasteiger charge is -2.10. The molecule has 0 saturated heterocycles. The van der Waals surface area contributed by atoms with Crippen LogP contribution in [0.25, 0.3) is 0 Å². The number of aryl methyl sites for hydroxylation is 3. The van der Waals surface area contributed by atoms with Gasteiger partial charge >= 0.3 is 0 Å². The second kappa shape index (κ2) is 7.30. The van der Waals surface area contributed by atoms with E-state index in [1.54, 1.807) is 0 Å². The fourth-order valence-electron chi connectivity index (χ4n) is 2.59. The first kappa shape index (κ1) is 15.6. The van der Waals surface area contributed by atoms with Gasteiger partial charge in [-0.1, -0.05) is 12.1 Å². The molecule has 0 atom stereocenters. The molecule has 21 heavy (non-hydrogen) atoms. The van der Waals surface area contributed by atoms with Crippen LogP contribution < -0.4 is 4.74 Å². The third kappa shape index (κ3) is 4.10. The maximum absolute atomic E-state index is 5.88. The van der Waals surface area contributed by atoms with Crippen molar-refractivity contribution >= 4 is 0 Å². The molecule has 2 rings (SSSR count). The van der Waals surface area contributed by atoms with E-state index in [2.05, 4.69) is 56.1 Å². The number of benzene rings is 1. The summed E-state index contributed by atoms with van der Waals surface area (Å²) >= 11 is 0. The Balaban J connectivity index is 1.68. The molecule has 1 aromatic heterocycles. The van der Waals surface area contributed by atoms with E-state index in [4.69, 9.17) is 4.74 Å². The van der Waals surface area contributed by atoms with E-state index in [0.29, 0.717) is 0 Å². The largest absolute Gasteiger partial charge is 0.493 e. The number of aromatic nitrogens is 2. The van der Waals surface area contributed by atoms with Gasteiger partial charge in [-0.2, -0.15) is 5.10 Å². The van der Waals surface area contributed by atoms with Gasteiger partial charge < -0.3 is 4.74 Å². The topological polar surface area (TPSA) is 37.9 Å². The first-order valence-corrected chi connectivity index (χ1v) is 7.79. The Labute approximate surface area is 127 Å². The highest BCUT2D eigenvalue weighted by molar-refractivity contribution is 5.38. The third-order valence-corrected chi connectivity index (χ3v) is 4.16. The number of aromatic amines is 1. The zero-order valence-electron chi connectivity index (χ0n) is 13.6. The van der Waals surface area contributed by atoms with Crippen LogP contribution in [0.5, 0.6) is 5.75 Å². The van der Waals surface area contributed by atoms with Gasteiger partial charge in [0.15, 0.2) is 0 Å². The number of hydrogen-bond acceptors (Lipinski definition) is 2. The van der Waals surface area contributed by atoms with Crippen molar-refractivity contribution in [1.29, 1.82) is 0 Å². The number of unbranched alkanes of at least 4 members (excludes halogenated alkanes) is 2. The predicted octanol–water partition coefficient (Wildman–Crippen LogP) is 4.44. The summed E-state index contributed by atoms with van der Waals surface area (Å²) in [5.74, 6) is 1.02. The van der Waals surface area contributed by atoms with Crippen LogP contribution in [-0.2, 0) is 6.42 Å². The van der Waals surface area contributed by atoms with Crippen molar-refractivity contribution < 1.29 is 4.74 Å². The second-order valence-electron chi connectivity index (χ2n) is 5.77. The molecule has 1 heterocycles. The van der Waals surface area contributed by atoms with Crippen LogP contribution in [0.3, 0.4) is 0 Å². The molecule has 0 aliphatic heterocycles. The maximum atomic E-state index is 5.88. The zero-order chi connectivity index (χ0) is 15.2. The zero-order valence-corrected chi connectivity index (χ0v) is 13.6. The van der Waals surface area contributed by atoms with E-state index in [1.807, 2.05) is 0 Å². The summed E-state index contributed by atoms with van der Waals surface area (Å²) in [5, 5.41) is 7.29. The number of H-pyrrole nitrogens is 1. The smallest absolute Gasteiger partial charge is 0.122 e. The van der Waals surface area contributed by atoms with Gasteiger partial charge in [-0.15, -0.1) is 0 Å². The Morgan fingerprint density at radius 1 is 1.05 bits per heavy atom. The number of hydrogen-bond donors (Lipinski definition) is 1. The van der Waals surface area contributed by atoms with Crippen molar-refractivity contribution in [2.45, 2.75) is 53.4 Å². The Bertz CT molecular complexity index is 567. The summed E-state index contributed by atoms with van der Waals surface area (Å²) in [6, 6.07) is 6.24. The molecular formula is C18H26N2O. The van der Waals surface area contributed by atoms with Crippen LogP contribution in [0.4, 0.5) is 0 Å². The summed E-state index contributed by atoms with van der Waals surface area (Å²) in [5.41, 5.74) is 6.27. The molecule has 114 valence electrons. The van der Waals surface area contributed by atoms with Crippen molar-refractivity contribution in [3.05, 3.63) is 46.3 Å². The standard InChI is InChI=1S/C18H26N2O/c1-13-9-8-11-18(14(13)2)21-12-7-5-6-10-17-15(3)19-20-16(17)4/h8-9,11H,5-7,10,12H2,1-4H3,(H,19,20). The Hall–Kier alpha value is -1.77. The molecule has 3 nitrogen and oxygen atoms in total. The molecule has 0 saturated carbocycles. The minimum Gasteiger partial charge on any atom is -0.493 e. The number of nitrogens with one attached hydrogen (secondary N) is 1. The highest BCUT2D eigenvalue weighted by Gasteiger charge is 2.05. The van der Waals surface area contributed by atoms with Crippen molar-refractivity contribution in [3.8, 4) is 5.75 Å². The molecular weight excluding hydrogens is 260 g/mol. The molecule has 0 unspecified atom stereocenters. The molecule has 0 spiro atoms. The minimum absolute atomic E-state index is 0.799. The van der Waals surface area contributed by atoms with E-state index in [1.165, 1.54) is 35.2 Å². The summed E-state index contributed by atoms with van der Waals surface area (Å²) in [7, 11) is 0. The number of ether oxygens (including phenoxy) is 1. The summed E-state index contributed by atoms with van der Waals surface area (Å²) in [6.07, 6.45) is 4.59. The first-order valence-electron chi connectivity index (χ1n) is 7.79. The van der Waals surface area contributed by atoms with Crippen molar-refractivity contribution in [2.24, 2.45) is 0 Å². The van der Waals surface area contributed by atoms with Gasteiger partial charge in [-0.05, 0) is 76.1 Å². The van der Waals surface area contributed by atoms with Gasteiger partial charge in [0, 0.05) is 5.69 Å². The molecule has 0 amide bonds. The summed E-state index contributed by atoms with van der Waals surface area (Å²) < 4.78 is 5.88. The summed E-state index contributed by atoms with van der Waals surface area (Å²) in [6.45, 7) is 9.21. The number of nitrogens with zero attached hydrogens (tertiary/aromatic N) is 1. The lowest BCUT2D eigenvalue weighted by atomic mass is 10.1. The van der Waals surface area contributed by atoms with Gasteiger partial charge in [-0.3, -0.25) is 5.10 Å². The SMILES string of the molecule is Cc1cccc(OCCCCCc2c(C)n[nH]c2C)c1C. The van der Waals surface area contributed by atoms with E-state index in [0.717, 1.165) is 30.9 Å². The van der Waals surface area contributed by atoms with Crippen molar-refractivity contribution in [3.63, 3.8) is 0 Å². The molecule has 2 aromatic rings. The minimum atomic E-state index is 0.799. The van der Waals surface area contributed by atoms with Crippen LogP contribution in [0, 0.1) is 27.7 Å². The lowest BCUT2D eigenvalue weighted by Crippen LogP contribution is -2.00. The number of rotatable bonds is 7.